The van der Waals surface area contributed by atoms with Crippen LogP contribution in [0.4, 0.5) is 10.5 Å². The fourth-order valence-electron chi connectivity index (χ4n) is 3.89. The van der Waals surface area contributed by atoms with Gasteiger partial charge in [0.1, 0.15) is 11.3 Å². The number of carbonyl (C=O) groups is 1. The Morgan fingerprint density at radius 2 is 1.96 bits per heavy atom. The number of benzene rings is 1. The van der Waals surface area contributed by atoms with Crippen LogP contribution in [0.1, 0.15) is 44.0 Å². The second-order valence-electron chi connectivity index (χ2n) is 7.15. The number of halogens is 1. The number of carbonyl (C=O) groups excluding carboxylic acids is 1. The van der Waals surface area contributed by atoms with Gasteiger partial charge in [0.15, 0.2) is 5.65 Å². The molecule has 146 valence electrons. The molecule has 2 N–H and O–H groups in total. The summed E-state index contributed by atoms with van der Waals surface area (Å²) < 4.78 is 3.16. The highest BCUT2D eigenvalue weighted by Crippen LogP contribution is 2.31. The van der Waals surface area contributed by atoms with Crippen molar-refractivity contribution < 1.29 is 4.79 Å². The second kappa shape index (κ2) is 8.73. The van der Waals surface area contributed by atoms with Crippen molar-refractivity contribution in [3.8, 4) is 0 Å². The molecule has 7 heteroatoms. The number of rotatable bonds is 5. The van der Waals surface area contributed by atoms with Crippen molar-refractivity contribution in [2.75, 3.05) is 11.9 Å². The van der Waals surface area contributed by atoms with Crippen LogP contribution in [0.15, 0.2) is 47.1 Å². The molecule has 1 saturated carbocycles. The Bertz CT molecular complexity index is 964. The molecule has 1 fully saturated rings. The van der Waals surface area contributed by atoms with Gasteiger partial charge >= 0.3 is 6.03 Å². The van der Waals surface area contributed by atoms with Gasteiger partial charge in [-0.25, -0.2) is 14.8 Å². The van der Waals surface area contributed by atoms with E-state index in [1.165, 1.54) is 32.1 Å². The molecule has 0 radical (unpaired) electrons. The van der Waals surface area contributed by atoms with Gasteiger partial charge in [0.25, 0.3) is 0 Å². The summed E-state index contributed by atoms with van der Waals surface area (Å²) in [7, 11) is 0. The van der Waals surface area contributed by atoms with E-state index in [9.17, 15) is 4.79 Å². The van der Waals surface area contributed by atoms with E-state index >= 15 is 0 Å². The number of para-hydroxylation sites is 1. The first-order chi connectivity index (χ1) is 13.7. The number of imidazole rings is 1. The van der Waals surface area contributed by atoms with E-state index in [0.29, 0.717) is 19.0 Å². The monoisotopic (exact) mass is 441 g/mol. The highest BCUT2D eigenvalue weighted by Gasteiger charge is 2.22. The van der Waals surface area contributed by atoms with Gasteiger partial charge in [-0.05, 0) is 53.0 Å². The molecule has 0 spiro atoms. The molecule has 0 atom stereocenters. The van der Waals surface area contributed by atoms with Gasteiger partial charge in [-0.3, -0.25) is 0 Å². The zero-order chi connectivity index (χ0) is 19.3. The molecule has 0 unspecified atom stereocenters. The van der Waals surface area contributed by atoms with Crippen LogP contribution < -0.4 is 10.6 Å². The van der Waals surface area contributed by atoms with Gasteiger partial charge in [0.05, 0.1) is 5.69 Å². The minimum absolute atomic E-state index is 0.217. The first-order valence-corrected chi connectivity index (χ1v) is 10.6. The van der Waals surface area contributed by atoms with Crippen molar-refractivity contribution in [2.45, 2.75) is 44.6 Å². The third-order valence-electron chi connectivity index (χ3n) is 5.22. The summed E-state index contributed by atoms with van der Waals surface area (Å²) in [5.74, 6) is 1.00. The van der Waals surface area contributed by atoms with Crippen LogP contribution in [0.3, 0.4) is 0 Å². The normalized spacial score (nSPS) is 14.9. The molecule has 0 saturated heterocycles. The molecule has 2 heterocycles. The fraction of sp³-hybridized carbons (Fsp3) is 0.381. The van der Waals surface area contributed by atoms with Crippen molar-refractivity contribution in [3.05, 3.63) is 52.9 Å². The molecular weight excluding hydrogens is 418 g/mol. The molecule has 1 aliphatic rings. The van der Waals surface area contributed by atoms with E-state index in [1.807, 2.05) is 42.6 Å². The first-order valence-electron chi connectivity index (χ1n) is 9.83. The number of nitrogens with one attached hydrogen (secondary N) is 2. The predicted octanol–water partition coefficient (Wildman–Crippen LogP) is 5.06. The number of nitrogens with zero attached hydrogens (tertiary/aromatic N) is 3. The van der Waals surface area contributed by atoms with Gasteiger partial charge in [-0.15, -0.1) is 0 Å². The molecule has 2 amide bonds. The zero-order valence-corrected chi connectivity index (χ0v) is 17.3. The quantitative estimate of drug-likeness (QED) is 0.580. The number of aromatic nitrogens is 3. The molecule has 3 aromatic rings. The van der Waals surface area contributed by atoms with Gasteiger partial charge in [-0.1, -0.05) is 31.4 Å². The average molecular weight is 442 g/mol. The molecule has 0 aliphatic heterocycles. The van der Waals surface area contributed by atoms with Crippen LogP contribution in [0, 0.1) is 0 Å². The largest absolute Gasteiger partial charge is 0.337 e. The summed E-state index contributed by atoms with van der Waals surface area (Å²) in [6, 6.07) is 11.7. The van der Waals surface area contributed by atoms with Crippen LogP contribution in [0.25, 0.3) is 11.2 Å². The highest BCUT2D eigenvalue weighted by molar-refractivity contribution is 9.10. The van der Waals surface area contributed by atoms with Crippen LogP contribution in [-0.4, -0.2) is 27.1 Å². The molecule has 0 bridgehead atoms. The van der Waals surface area contributed by atoms with Crippen LogP contribution in [0.5, 0.6) is 0 Å². The molecule has 28 heavy (non-hydrogen) atoms. The number of hydrogen-bond acceptors (Lipinski definition) is 3. The topological polar surface area (TPSA) is 71.8 Å². The number of amides is 2. The number of hydrogen-bond donors (Lipinski definition) is 2. The molecule has 1 aromatic carbocycles. The van der Waals surface area contributed by atoms with Crippen LogP contribution in [-0.2, 0) is 6.42 Å². The van der Waals surface area contributed by atoms with E-state index in [1.54, 1.807) is 0 Å². The number of fused-ring (bicyclic) bond motifs is 1. The lowest BCUT2D eigenvalue weighted by Gasteiger charge is -2.25. The third-order valence-corrected chi connectivity index (χ3v) is 5.91. The van der Waals surface area contributed by atoms with E-state index < -0.39 is 0 Å². The van der Waals surface area contributed by atoms with E-state index in [0.717, 1.165) is 27.1 Å². The van der Waals surface area contributed by atoms with E-state index in [4.69, 9.17) is 4.98 Å². The van der Waals surface area contributed by atoms with Crippen molar-refractivity contribution in [1.29, 1.82) is 0 Å². The van der Waals surface area contributed by atoms with Gasteiger partial charge in [0.2, 0.25) is 0 Å². The second-order valence-corrected chi connectivity index (χ2v) is 8.00. The van der Waals surface area contributed by atoms with E-state index in [2.05, 4.69) is 36.1 Å². The number of urea groups is 1. The lowest BCUT2D eigenvalue weighted by atomic mass is 9.95. The zero-order valence-electron chi connectivity index (χ0n) is 15.7. The smallest absolute Gasteiger partial charge is 0.319 e. The Morgan fingerprint density at radius 3 is 2.79 bits per heavy atom. The Labute approximate surface area is 172 Å². The van der Waals surface area contributed by atoms with Crippen molar-refractivity contribution in [2.24, 2.45) is 0 Å². The SMILES string of the molecule is O=C(NCCc1nc2cccnc2n1C1CCCCC1)Nc1ccccc1Br. The lowest BCUT2D eigenvalue weighted by Crippen LogP contribution is -2.31. The van der Waals surface area contributed by atoms with Gasteiger partial charge < -0.3 is 15.2 Å². The van der Waals surface area contributed by atoms with Crippen molar-refractivity contribution in [3.63, 3.8) is 0 Å². The standard InChI is InChI=1S/C21H24BrN5O/c22-16-9-4-5-10-17(16)26-21(28)24-14-12-19-25-18-11-6-13-23-20(18)27(19)15-7-2-1-3-8-15/h4-6,9-11,13,15H,1-3,7-8,12,14H2,(H2,24,26,28). The minimum atomic E-state index is -0.217. The molecule has 6 nitrogen and oxygen atoms in total. The van der Waals surface area contributed by atoms with Gasteiger partial charge in [-0.2, -0.15) is 0 Å². The Kier molecular flexibility index (Phi) is 5.90. The molecule has 4 rings (SSSR count). The third kappa shape index (κ3) is 4.19. The Morgan fingerprint density at radius 1 is 1.14 bits per heavy atom. The highest BCUT2D eigenvalue weighted by atomic mass is 79.9. The molecule has 2 aromatic heterocycles. The van der Waals surface area contributed by atoms with Crippen molar-refractivity contribution >= 4 is 38.8 Å². The van der Waals surface area contributed by atoms with Crippen LogP contribution >= 0.6 is 15.9 Å². The van der Waals surface area contributed by atoms with E-state index in [-0.39, 0.29) is 6.03 Å². The minimum Gasteiger partial charge on any atom is -0.337 e. The summed E-state index contributed by atoms with van der Waals surface area (Å²) in [4.78, 5) is 21.6. The maximum absolute atomic E-state index is 12.2. The molecule has 1 aliphatic carbocycles. The predicted molar refractivity (Wildman–Crippen MR) is 115 cm³/mol. The van der Waals surface area contributed by atoms with Crippen LogP contribution in [0.2, 0.25) is 0 Å². The summed E-state index contributed by atoms with van der Waals surface area (Å²) in [6.07, 6.45) is 8.66. The Hall–Kier alpha value is -2.41. The van der Waals surface area contributed by atoms with Crippen molar-refractivity contribution in [1.82, 2.24) is 19.9 Å². The lowest BCUT2D eigenvalue weighted by molar-refractivity contribution is 0.252. The first kappa shape index (κ1) is 18.9. The summed E-state index contributed by atoms with van der Waals surface area (Å²) in [5, 5.41) is 5.80. The number of pyridine rings is 1. The Balaban J connectivity index is 1.44. The number of anilines is 1. The molecular formula is C21H24BrN5O. The average Bonchev–Trinajstić information content (AvgIpc) is 3.08. The fourth-order valence-corrected chi connectivity index (χ4v) is 4.28. The maximum atomic E-state index is 12.2. The summed E-state index contributed by atoms with van der Waals surface area (Å²) >= 11 is 3.44. The van der Waals surface area contributed by atoms with Gasteiger partial charge in [0, 0.05) is 29.7 Å². The summed E-state index contributed by atoms with van der Waals surface area (Å²) in [6.45, 7) is 0.520. The summed E-state index contributed by atoms with van der Waals surface area (Å²) in [5.41, 5.74) is 2.64. The maximum Gasteiger partial charge on any atom is 0.319 e.